The molecule has 1 aromatic rings. The standard InChI is InChI=1S/C10H11NO3.C5H6O4/c12-11(13)9-5-3-8(4-6-9)10-2-1-7-14-10;6-5(7)9-4-1-2-8-3-4/h3-6,10H,1-2,7H2;1-2,4H,3H2,(H,6,7). The summed E-state index contributed by atoms with van der Waals surface area (Å²) in [5.41, 5.74) is 1.17. The van der Waals surface area contributed by atoms with Crippen LogP contribution in [0.15, 0.2) is 36.6 Å². The second kappa shape index (κ2) is 8.14. The Morgan fingerprint density at radius 2 is 2.09 bits per heavy atom. The molecule has 1 aromatic carbocycles. The van der Waals surface area contributed by atoms with Gasteiger partial charge in [0, 0.05) is 18.7 Å². The van der Waals surface area contributed by atoms with Gasteiger partial charge in [-0.1, -0.05) is 0 Å². The van der Waals surface area contributed by atoms with E-state index < -0.39 is 12.3 Å². The van der Waals surface area contributed by atoms with Crippen LogP contribution in [0, 0.1) is 10.1 Å². The van der Waals surface area contributed by atoms with Crippen molar-refractivity contribution >= 4 is 11.8 Å². The minimum absolute atomic E-state index is 0.131. The van der Waals surface area contributed by atoms with E-state index >= 15 is 0 Å². The van der Waals surface area contributed by atoms with E-state index in [4.69, 9.17) is 9.84 Å². The molecule has 0 bridgehead atoms. The van der Waals surface area contributed by atoms with Crippen molar-refractivity contribution in [3.05, 3.63) is 52.3 Å². The maximum atomic E-state index is 10.4. The van der Waals surface area contributed by atoms with E-state index in [9.17, 15) is 14.9 Å². The van der Waals surface area contributed by atoms with Crippen molar-refractivity contribution in [3.63, 3.8) is 0 Å². The molecule has 2 aliphatic rings. The van der Waals surface area contributed by atoms with E-state index in [1.165, 1.54) is 18.4 Å². The molecule has 0 amide bonds. The molecule has 3 rings (SSSR count). The number of hydrogen-bond acceptors (Lipinski definition) is 6. The van der Waals surface area contributed by atoms with Gasteiger partial charge in [0.05, 0.1) is 17.3 Å². The number of rotatable bonds is 3. The highest BCUT2D eigenvalue weighted by Gasteiger charge is 2.18. The van der Waals surface area contributed by atoms with Crippen LogP contribution in [0.4, 0.5) is 10.5 Å². The first-order valence-corrected chi connectivity index (χ1v) is 7.10. The Morgan fingerprint density at radius 3 is 2.57 bits per heavy atom. The van der Waals surface area contributed by atoms with Gasteiger partial charge in [0.25, 0.3) is 5.69 Å². The van der Waals surface area contributed by atoms with Crippen molar-refractivity contribution in [2.24, 2.45) is 0 Å². The fourth-order valence-corrected chi connectivity index (χ4v) is 2.20. The number of nitrogens with zero attached hydrogens (tertiary/aromatic N) is 1. The van der Waals surface area contributed by atoms with Crippen molar-refractivity contribution in [3.8, 4) is 0 Å². The van der Waals surface area contributed by atoms with Crippen LogP contribution in [0.5, 0.6) is 0 Å². The highest BCUT2D eigenvalue weighted by molar-refractivity contribution is 5.57. The van der Waals surface area contributed by atoms with E-state index in [0.29, 0.717) is 6.61 Å². The van der Waals surface area contributed by atoms with E-state index in [2.05, 4.69) is 9.47 Å². The van der Waals surface area contributed by atoms with Gasteiger partial charge in [0.15, 0.2) is 6.10 Å². The van der Waals surface area contributed by atoms with Crippen molar-refractivity contribution < 1.29 is 29.0 Å². The number of benzene rings is 1. The second-order valence-electron chi connectivity index (χ2n) is 4.93. The van der Waals surface area contributed by atoms with Gasteiger partial charge in [-0.3, -0.25) is 10.1 Å². The average Bonchev–Trinajstić information content (AvgIpc) is 3.20. The van der Waals surface area contributed by atoms with Crippen LogP contribution in [0.2, 0.25) is 0 Å². The maximum Gasteiger partial charge on any atom is 0.506 e. The Morgan fingerprint density at radius 1 is 1.35 bits per heavy atom. The monoisotopic (exact) mass is 323 g/mol. The van der Waals surface area contributed by atoms with Crippen LogP contribution in [-0.4, -0.2) is 35.5 Å². The zero-order chi connectivity index (χ0) is 16.7. The minimum atomic E-state index is -1.27. The van der Waals surface area contributed by atoms with Gasteiger partial charge in [-0.2, -0.15) is 0 Å². The molecule has 0 aromatic heterocycles. The number of carbonyl (C=O) groups is 1. The van der Waals surface area contributed by atoms with Crippen molar-refractivity contribution in [2.45, 2.75) is 25.0 Å². The van der Waals surface area contributed by atoms with Crippen LogP contribution in [0.3, 0.4) is 0 Å². The lowest BCUT2D eigenvalue weighted by molar-refractivity contribution is -0.384. The van der Waals surface area contributed by atoms with Crippen LogP contribution in [-0.2, 0) is 14.2 Å². The maximum absolute atomic E-state index is 10.4. The number of ether oxygens (including phenoxy) is 3. The molecule has 2 atom stereocenters. The summed E-state index contributed by atoms with van der Waals surface area (Å²) < 4.78 is 14.5. The van der Waals surface area contributed by atoms with Crippen molar-refractivity contribution in [1.29, 1.82) is 0 Å². The molecule has 1 N–H and O–H groups in total. The van der Waals surface area contributed by atoms with Crippen LogP contribution in [0.25, 0.3) is 0 Å². The van der Waals surface area contributed by atoms with Gasteiger partial charge in [-0.05, 0) is 36.6 Å². The zero-order valence-corrected chi connectivity index (χ0v) is 12.3. The first-order valence-electron chi connectivity index (χ1n) is 7.10. The highest BCUT2D eigenvalue weighted by Crippen LogP contribution is 2.29. The molecule has 0 aliphatic carbocycles. The Bertz CT molecular complexity index is 564. The highest BCUT2D eigenvalue weighted by atomic mass is 16.7. The molecule has 2 unspecified atom stereocenters. The molecule has 8 nitrogen and oxygen atoms in total. The third-order valence-electron chi connectivity index (χ3n) is 3.31. The molecule has 1 saturated heterocycles. The topological polar surface area (TPSA) is 108 Å². The van der Waals surface area contributed by atoms with E-state index in [1.807, 2.05) is 0 Å². The smallest absolute Gasteiger partial charge is 0.497 e. The molecule has 0 radical (unpaired) electrons. The molecule has 8 heteroatoms. The van der Waals surface area contributed by atoms with Gasteiger partial charge < -0.3 is 19.3 Å². The molecule has 0 saturated carbocycles. The number of hydrogen-bond donors (Lipinski definition) is 1. The quantitative estimate of drug-likeness (QED) is 0.517. The number of non-ortho nitro benzene ring substituents is 1. The summed E-state index contributed by atoms with van der Waals surface area (Å²) in [4.78, 5) is 19.9. The molecule has 1 fully saturated rings. The third kappa shape index (κ3) is 5.26. The number of nitro groups is 1. The Balaban J connectivity index is 0.000000185. The summed E-state index contributed by atoms with van der Waals surface area (Å²) in [6.45, 7) is 1.09. The summed E-state index contributed by atoms with van der Waals surface area (Å²) in [5.74, 6) is 0. The second-order valence-corrected chi connectivity index (χ2v) is 4.93. The lowest BCUT2D eigenvalue weighted by Crippen LogP contribution is -2.15. The summed E-state index contributed by atoms with van der Waals surface area (Å²) in [7, 11) is 0. The molecule has 23 heavy (non-hydrogen) atoms. The first-order chi connectivity index (χ1) is 11.1. The van der Waals surface area contributed by atoms with Crippen LogP contribution >= 0.6 is 0 Å². The minimum Gasteiger partial charge on any atom is -0.497 e. The predicted molar refractivity (Wildman–Crippen MR) is 79.0 cm³/mol. The number of carboxylic acid groups (broad SMARTS) is 1. The zero-order valence-electron chi connectivity index (χ0n) is 12.3. The van der Waals surface area contributed by atoms with Crippen LogP contribution in [0.1, 0.15) is 24.5 Å². The average molecular weight is 323 g/mol. The van der Waals surface area contributed by atoms with Gasteiger partial charge >= 0.3 is 6.16 Å². The molecule has 124 valence electrons. The molecule has 2 aliphatic heterocycles. The van der Waals surface area contributed by atoms with Crippen molar-refractivity contribution in [2.75, 3.05) is 13.2 Å². The first kappa shape index (κ1) is 16.8. The molecule has 0 spiro atoms. The van der Waals surface area contributed by atoms with Gasteiger partial charge in [0.1, 0.15) is 6.61 Å². The Hall–Kier alpha value is -2.61. The summed E-state index contributed by atoms with van der Waals surface area (Å²) in [6, 6.07) is 6.59. The predicted octanol–water partition coefficient (Wildman–Crippen LogP) is 3.04. The molecular weight excluding hydrogens is 306 g/mol. The Labute approximate surface area is 132 Å². The summed E-state index contributed by atoms with van der Waals surface area (Å²) in [6.07, 6.45) is 3.51. The van der Waals surface area contributed by atoms with E-state index in [1.54, 1.807) is 18.2 Å². The van der Waals surface area contributed by atoms with Gasteiger partial charge in [-0.25, -0.2) is 4.79 Å². The fourth-order valence-electron chi connectivity index (χ4n) is 2.20. The summed E-state index contributed by atoms with van der Waals surface area (Å²) >= 11 is 0. The number of nitro benzene ring substituents is 1. The third-order valence-corrected chi connectivity index (χ3v) is 3.31. The summed E-state index contributed by atoms with van der Waals surface area (Å²) in [5, 5.41) is 18.5. The lowest BCUT2D eigenvalue weighted by Gasteiger charge is -2.08. The van der Waals surface area contributed by atoms with Crippen LogP contribution < -0.4 is 0 Å². The van der Waals surface area contributed by atoms with E-state index in [0.717, 1.165) is 25.0 Å². The normalized spacial score (nSPS) is 21.9. The van der Waals surface area contributed by atoms with E-state index in [-0.39, 0.29) is 16.7 Å². The molecule has 2 heterocycles. The fraction of sp³-hybridized carbons (Fsp3) is 0.400. The molecular formula is C15H17NO7. The van der Waals surface area contributed by atoms with Gasteiger partial charge in [0.2, 0.25) is 0 Å². The lowest BCUT2D eigenvalue weighted by atomic mass is 10.1. The SMILES string of the molecule is O=C(O)OC1C=COC1.O=[N+]([O-])c1ccc(C2CCCO2)cc1. The Kier molecular flexibility index (Phi) is 5.93. The van der Waals surface area contributed by atoms with Crippen molar-refractivity contribution in [1.82, 2.24) is 0 Å². The largest absolute Gasteiger partial charge is 0.506 e. The van der Waals surface area contributed by atoms with Gasteiger partial charge in [-0.15, -0.1) is 0 Å².